The molecule has 3 aliphatic rings. The number of ketones is 1. The van der Waals surface area contributed by atoms with E-state index in [-0.39, 0.29) is 5.76 Å². The van der Waals surface area contributed by atoms with Crippen LogP contribution in [0.25, 0.3) is 0 Å². The van der Waals surface area contributed by atoms with E-state index in [1.165, 1.54) is 0 Å². The molecule has 1 aliphatic heterocycles. The van der Waals surface area contributed by atoms with Crippen LogP contribution in [-0.4, -0.2) is 57.2 Å². The molecule has 0 amide bonds. The Hall–Kier alpha value is -1.21. The van der Waals surface area contributed by atoms with Crippen molar-refractivity contribution in [2.24, 2.45) is 10.8 Å². The molecule has 0 aromatic carbocycles. The standard InChI is InChI=1S/C15H20O6/c1-6-4-8-15(5-16,13(20)9(6)17)14(3)7(2)11(21-8)10(18)12(14)19/h4,8,10,12-13,16,18-20H,5H2,1-3H3. The minimum atomic E-state index is -1.50. The molecule has 0 saturated heterocycles. The number of hydrogen-bond acceptors (Lipinski definition) is 6. The zero-order chi connectivity index (χ0) is 15.7. The van der Waals surface area contributed by atoms with E-state index in [1.54, 1.807) is 26.8 Å². The quantitative estimate of drug-likeness (QED) is 0.508. The van der Waals surface area contributed by atoms with Crippen LogP contribution in [0.3, 0.4) is 0 Å². The van der Waals surface area contributed by atoms with Crippen molar-refractivity contribution in [3.8, 4) is 0 Å². The minimum absolute atomic E-state index is 0.268. The lowest BCUT2D eigenvalue weighted by molar-refractivity contribution is -0.185. The summed E-state index contributed by atoms with van der Waals surface area (Å²) in [6.45, 7) is 4.37. The fraction of sp³-hybridized carbons (Fsp3) is 0.667. The number of carbonyl (C=O) groups is 1. The monoisotopic (exact) mass is 296 g/mol. The molecule has 4 N–H and O–H groups in total. The maximum Gasteiger partial charge on any atom is 0.187 e. The van der Waals surface area contributed by atoms with Crippen molar-refractivity contribution in [1.82, 2.24) is 0 Å². The largest absolute Gasteiger partial charge is 0.487 e. The van der Waals surface area contributed by atoms with Crippen molar-refractivity contribution in [2.45, 2.75) is 45.2 Å². The average Bonchev–Trinajstić information content (AvgIpc) is 2.57. The van der Waals surface area contributed by atoms with Crippen molar-refractivity contribution >= 4 is 5.78 Å². The Morgan fingerprint density at radius 3 is 2.48 bits per heavy atom. The van der Waals surface area contributed by atoms with Crippen LogP contribution >= 0.6 is 0 Å². The van der Waals surface area contributed by atoms with Gasteiger partial charge < -0.3 is 25.2 Å². The third-order valence-electron chi connectivity index (χ3n) is 5.82. The van der Waals surface area contributed by atoms with E-state index < -0.39 is 47.6 Å². The van der Waals surface area contributed by atoms with Crippen molar-refractivity contribution < 1.29 is 30.0 Å². The number of aliphatic hydroxyl groups excluding tert-OH is 4. The maximum absolute atomic E-state index is 12.2. The van der Waals surface area contributed by atoms with Crippen molar-refractivity contribution in [3.63, 3.8) is 0 Å². The number of carbonyl (C=O) groups excluding carboxylic acids is 1. The fourth-order valence-electron chi connectivity index (χ4n) is 4.20. The fourth-order valence-corrected chi connectivity index (χ4v) is 4.20. The predicted octanol–water partition coefficient (Wildman–Crippen LogP) is -0.731. The van der Waals surface area contributed by atoms with Gasteiger partial charge in [-0.15, -0.1) is 0 Å². The van der Waals surface area contributed by atoms with E-state index in [0.29, 0.717) is 11.1 Å². The molecule has 116 valence electrons. The summed E-state index contributed by atoms with van der Waals surface area (Å²) in [5.74, 6) is -0.223. The molecule has 0 aromatic heterocycles. The van der Waals surface area contributed by atoms with E-state index in [9.17, 15) is 25.2 Å². The van der Waals surface area contributed by atoms with Gasteiger partial charge in [-0.1, -0.05) is 6.92 Å². The molecule has 3 rings (SSSR count). The number of rotatable bonds is 1. The SMILES string of the molecule is CC1=CC2OC3=C(C)C(C)(C(O)C3O)C2(CO)C(O)C1=O. The highest BCUT2D eigenvalue weighted by Crippen LogP contribution is 2.63. The van der Waals surface area contributed by atoms with E-state index in [4.69, 9.17) is 4.74 Å². The highest BCUT2D eigenvalue weighted by molar-refractivity contribution is 6.00. The number of Topliss-reactive ketones (excluding diaryl/α,β-unsaturated/α-hetero) is 1. The molecule has 2 bridgehead atoms. The molecule has 6 atom stereocenters. The van der Waals surface area contributed by atoms with Gasteiger partial charge in [0.2, 0.25) is 0 Å². The smallest absolute Gasteiger partial charge is 0.187 e. The molecule has 0 radical (unpaired) electrons. The lowest BCUT2D eigenvalue weighted by atomic mass is 9.52. The second kappa shape index (κ2) is 4.16. The van der Waals surface area contributed by atoms with Crippen LogP contribution in [0.2, 0.25) is 0 Å². The molecule has 21 heavy (non-hydrogen) atoms. The van der Waals surface area contributed by atoms with E-state index in [2.05, 4.69) is 0 Å². The summed E-state index contributed by atoms with van der Waals surface area (Å²) >= 11 is 0. The molecule has 0 fully saturated rings. The molecule has 6 nitrogen and oxygen atoms in total. The van der Waals surface area contributed by atoms with Crippen LogP contribution in [0, 0.1) is 10.8 Å². The first-order chi connectivity index (χ1) is 9.73. The summed E-state index contributed by atoms with van der Waals surface area (Å²) in [5, 5.41) is 41.2. The van der Waals surface area contributed by atoms with Crippen molar-refractivity contribution in [1.29, 1.82) is 0 Å². The predicted molar refractivity (Wildman–Crippen MR) is 72.0 cm³/mol. The summed E-state index contributed by atoms with van der Waals surface area (Å²) in [6, 6.07) is 0. The summed E-state index contributed by atoms with van der Waals surface area (Å²) in [4.78, 5) is 12.2. The van der Waals surface area contributed by atoms with Gasteiger partial charge in [0.15, 0.2) is 5.78 Å². The van der Waals surface area contributed by atoms with Crippen LogP contribution in [0.5, 0.6) is 0 Å². The van der Waals surface area contributed by atoms with Gasteiger partial charge >= 0.3 is 0 Å². The zero-order valence-corrected chi connectivity index (χ0v) is 12.2. The maximum atomic E-state index is 12.2. The molecule has 0 spiro atoms. The molecule has 0 aromatic rings. The Kier molecular flexibility index (Phi) is 2.92. The van der Waals surface area contributed by atoms with E-state index in [1.807, 2.05) is 0 Å². The number of fused-ring (bicyclic) bond motifs is 3. The Balaban J connectivity index is 2.30. The van der Waals surface area contributed by atoms with Gasteiger partial charge in [-0.25, -0.2) is 0 Å². The van der Waals surface area contributed by atoms with Crippen LogP contribution < -0.4 is 0 Å². The average molecular weight is 296 g/mol. The van der Waals surface area contributed by atoms with Gasteiger partial charge in [0.1, 0.15) is 24.1 Å². The number of hydrogen-bond donors (Lipinski definition) is 4. The first-order valence-electron chi connectivity index (χ1n) is 6.99. The van der Waals surface area contributed by atoms with Gasteiger partial charge in [-0.2, -0.15) is 0 Å². The zero-order valence-electron chi connectivity index (χ0n) is 12.2. The summed E-state index contributed by atoms with van der Waals surface area (Å²) in [7, 11) is 0. The van der Waals surface area contributed by atoms with Gasteiger partial charge in [0, 0.05) is 5.41 Å². The van der Waals surface area contributed by atoms with Crippen molar-refractivity contribution in [2.75, 3.05) is 6.61 Å². The Labute approximate surface area is 122 Å². The second-order valence-corrected chi connectivity index (χ2v) is 6.43. The van der Waals surface area contributed by atoms with E-state index >= 15 is 0 Å². The number of ether oxygens (including phenoxy) is 1. The van der Waals surface area contributed by atoms with Crippen molar-refractivity contribution in [3.05, 3.63) is 23.0 Å². The van der Waals surface area contributed by atoms with Crippen LogP contribution in [0.15, 0.2) is 23.0 Å². The molecular weight excluding hydrogens is 276 g/mol. The van der Waals surface area contributed by atoms with Crippen LogP contribution in [-0.2, 0) is 9.53 Å². The molecular formula is C15H20O6. The Bertz CT molecular complexity index is 579. The van der Waals surface area contributed by atoms with Gasteiger partial charge in [0.05, 0.1) is 18.1 Å². The van der Waals surface area contributed by atoms with Crippen LogP contribution in [0.4, 0.5) is 0 Å². The third kappa shape index (κ3) is 1.34. The van der Waals surface area contributed by atoms with Gasteiger partial charge in [-0.05, 0) is 31.1 Å². The Morgan fingerprint density at radius 1 is 1.29 bits per heavy atom. The summed E-state index contributed by atoms with van der Waals surface area (Å²) < 4.78 is 5.75. The second-order valence-electron chi connectivity index (χ2n) is 6.43. The Morgan fingerprint density at radius 2 is 1.90 bits per heavy atom. The molecule has 0 saturated carbocycles. The lowest BCUT2D eigenvalue weighted by Gasteiger charge is -2.55. The normalized spacial score (nSPS) is 48.9. The highest BCUT2D eigenvalue weighted by atomic mass is 16.5. The first-order valence-corrected chi connectivity index (χ1v) is 6.99. The molecule has 6 heteroatoms. The molecule has 1 heterocycles. The molecule has 2 aliphatic carbocycles. The minimum Gasteiger partial charge on any atom is -0.487 e. The highest BCUT2D eigenvalue weighted by Gasteiger charge is 2.71. The lowest BCUT2D eigenvalue weighted by Crippen LogP contribution is -2.66. The topological polar surface area (TPSA) is 107 Å². The van der Waals surface area contributed by atoms with Crippen LogP contribution in [0.1, 0.15) is 20.8 Å². The van der Waals surface area contributed by atoms with E-state index in [0.717, 1.165) is 0 Å². The van der Waals surface area contributed by atoms with Gasteiger partial charge in [-0.3, -0.25) is 4.79 Å². The molecule has 6 unspecified atom stereocenters. The summed E-state index contributed by atoms with van der Waals surface area (Å²) in [5.41, 5.74) is -1.64. The third-order valence-corrected chi connectivity index (χ3v) is 5.82. The summed E-state index contributed by atoms with van der Waals surface area (Å²) in [6.07, 6.45) is -3.19. The number of aliphatic hydroxyl groups is 4. The van der Waals surface area contributed by atoms with Gasteiger partial charge in [0.25, 0.3) is 0 Å². The first kappa shape index (κ1) is 14.7.